The van der Waals surface area contributed by atoms with Crippen LogP contribution in [0.25, 0.3) is 0 Å². The first-order valence-electron chi connectivity index (χ1n) is 7.91. The largest absolute Gasteiger partial charge is 0.394 e. The Balaban J connectivity index is 2.62. The van der Waals surface area contributed by atoms with E-state index in [0.29, 0.717) is 12.1 Å². The summed E-state index contributed by atoms with van der Waals surface area (Å²) in [5.41, 5.74) is -0.234. The van der Waals surface area contributed by atoms with Gasteiger partial charge in [-0.3, -0.25) is 4.90 Å². The van der Waals surface area contributed by atoms with Gasteiger partial charge in [-0.1, -0.05) is 13.8 Å². The number of nitrogens with one attached hydrogen (secondary N) is 1. The molecule has 0 amide bonds. The zero-order chi connectivity index (χ0) is 15.4. The smallest absolute Gasteiger partial charge is 0.0777 e. The highest BCUT2D eigenvalue weighted by molar-refractivity contribution is 4.92. The van der Waals surface area contributed by atoms with Gasteiger partial charge in [0.2, 0.25) is 0 Å². The number of aliphatic hydroxyl groups is 1. The van der Waals surface area contributed by atoms with Gasteiger partial charge in [0, 0.05) is 31.3 Å². The van der Waals surface area contributed by atoms with Gasteiger partial charge in [-0.2, -0.15) is 0 Å². The van der Waals surface area contributed by atoms with Gasteiger partial charge in [0.25, 0.3) is 0 Å². The van der Waals surface area contributed by atoms with Gasteiger partial charge in [0.1, 0.15) is 0 Å². The van der Waals surface area contributed by atoms with Crippen molar-refractivity contribution in [3.05, 3.63) is 0 Å². The second-order valence-electron chi connectivity index (χ2n) is 7.30. The molecule has 2 N–H and O–H groups in total. The summed E-state index contributed by atoms with van der Waals surface area (Å²) in [6.45, 7) is 13.1. The summed E-state index contributed by atoms with van der Waals surface area (Å²) >= 11 is 0. The van der Waals surface area contributed by atoms with E-state index in [1.54, 1.807) is 0 Å². The van der Waals surface area contributed by atoms with E-state index in [4.69, 9.17) is 4.74 Å². The molecule has 1 aliphatic rings. The summed E-state index contributed by atoms with van der Waals surface area (Å²) in [6, 6.07) is 0.818. The first kappa shape index (κ1) is 17.9. The van der Waals surface area contributed by atoms with Crippen molar-refractivity contribution in [2.75, 3.05) is 26.8 Å². The Morgan fingerprint density at radius 2 is 2.05 bits per heavy atom. The molecule has 120 valence electrons. The molecule has 0 saturated carbocycles. The highest BCUT2D eigenvalue weighted by atomic mass is 16.5. The average Bonchev–Trinajstić information content (AvgIpc) is 2.37. The minimum absolute atomic E-state index is 0.0202. The van der Waals surface area contributed by atoms with Crippen LogP contribution in [0.5, 0.6) is 0 Å². The third-order valence-corrected chi connectivity index (χ3v) is 4.54. The zero-order valence-electron chi connectivity index (χ0n) is 14.2. The molecule has 20 heavy (non-hydrogen) atoms. The van der Waals surface area contributed by atoms with Crippen molar-refractivity contribution < 1.29 is 9.84 Å². The number of rotatable bonds is 7. The predicted octanol–water partition coefficient (Wildman–Crippen LogP) is 2.01. The second kappa shape index (κ2) is 7.21. The topological polar surface area (TPSA) is 44.7 Å². The molecule has 0 bridgehead atoms. The standard InChI is InChI=1S/C16H34N2O2/c1-13(2)17-15(4,12-19)10-14(3)18-9-7-8-16(5,11-18)20-6/h13-14,17,19H,7-12H2,1-6H3. The molecular formula is C16H34N2O2. The zero-order valence-corrected chi connectivity index (χ0v) is 14.2. The van der Waals surface area contributed by atoms with Crippen LogP contribution in [0, 0.1) is 0 Å². The van der Waals surface area contributed by atoms with Gasteiger partial charge in [-0.25, -0.2) is 0 Å². The van der Waals surface area contributed by atoms with E-state index in [1.165, 1.54) is 6.42 Å². The van der Waals surface area contributed by atoms with Crippen LogP contribution in [0.1, 0.15) is 53.9 Å². The molecule has 1 aliphatic heterocycles. The van der Waals surface area contributed by atoms with Crippen LogP contribution in [0.4, 0.5) is 0 Å². The molecular weight excluding hydrogens is 252 g/mol. The van der Waals surface area contributed by atoms with Crippen LogP contribution in [-0.4, -0.2) is 60.0 Å². The van der Waals surface area contributed by atoms with E-state index in [1.807, 2.05) is 7.11 Å². The van der Waals surface area contributed by atoms with Gasteiger partial charge in [-0.15, -0.1) is 0 Å². The molecule has 1 rings (SSSR count). The van der Waals surface area contributed by atoms with Gasteiger partial charge in [0.15, 0.2) is 0 Å². The van der Waals surface area contributed by atoms with Crippen LogP contribution >= 0.6 is 0 Å². The molecule has 0 aromatic rings. The molecule has 0 aromatic carbocycles. The minimum Gasteiger partial charge on any atom is -0.394 e. The van der Waals surface area contributed by atoms with Crippen molar-refractivity contribution in [2.45, 2.75) is 77.1 Å². The molecule has 3 atom stereocenters. The molecule has 0 spiro atoms. The molecule has 0 aromatic heterocycles. The van der Waals surface area contributed by atoms with Gasteiger partial charge >= 0.3 is 0 Å². The maximum Gasteiger partial charge on any atom is 0.0777 e. The van der Waals surface area contributed by atoms with Crippen LogP contribution in [0.2, 0.25) is 0 Å². The first-order chi connectivity index (χ1) is 9.23. The number of ether oxygens (including phenoxy) is 1. The van der Waals surface area contributed by atoms with Crippen molar-refractivity contribution in [1.82, 2.24) is 10.2 Å². The predicted molar refractivity (Wildman–Crippen MR) is 84.1 cm³/mol. The Kier molecular flexibility index (Phi) is 6.45. The highest BCUT2D eigenvalue weighted by Crippen LogP contribution is 2.27. The summed E-state index contributed by atoms with van der Waals surface area (Å²) in [4.78, 5) is 2.50. The van der Waals surface area contributed by atoms with Crippen molar-refractivity contribution in [2.24, 2.45) is 0 Å². The number of methoxy groups -OCH3 is 1. The number of likely N-dealkylation sites (tertiary alicyclic amines) is 1. The maximum absolute atomic E-state index is 9.72. The van der Waals surface area contributed by atoms with E-state index in [2.05, 4.69) is 44.8 Å². The van der Waals surface area contributed by atoms with E-state index < -0.39 is 0 Å². The van der Waals surface area contributed by atoms with E-state index in [-0.39, 0.29) is 17.7 Å². The molecule has 0 aliphatic carbocycles. The van der Waals surface area contributed by atoms with Gasteiger partial charge in [-0.05, 0) is 46.6 Å². The lowest BCUT2D eigenvalue weighted by atomic mass is 9.89. The summed E-state index contributed by atoms with van der Waals surface area (Å²) in [6.07, 6.45) is 3.26. The van der Waals surface area contributed by atoms with Gasteiger partial charge < -0.3 is 15.2 Å². The monoisotopic (exact) mass is 286 g/mol. The lowest BCUT2D eigenvalue weighted by Crippen LogP contribution is -2.56. The fourth-order valence-corrected chi connectivity index (χ4v) is 3.43. The van der Waals surface area contributed by atoms with Crippen molar-refractivity contribution in [3.63, 3.8) is 0 Å². The van der Waals surface area contributed by atoms with Crippen molar-refractivity contribution in [3.8, 4) is 0 Å². The summed E-state index contributed by atoms with van der Waals surface area (Å²) in [5, 5.41) is 13.2. The molecule has 1 heterocycles. The molecule has 4 heteroatoms. The first-order valence-corrected chi connectivity index (χ1v) is 7.91. The Bertz CT molecular complexity index is 298. The SMILES string of the molecule is COC1(C)CCCN(C(C)CC(C)(CO)NC(C)C)C1. The van der Waals surface area contributed by atoms with Crippen molar-refractivity contribution in [1.29, 1.82) is 0 Å². The van der Waals surface area contributed by atoms with Crippen LogP contribution in [0.15, 0.2) is 0 Å². The second-order valence-corrected chi connectivity index (χ2v) is 7.30. The fourth-order valence-electron chi connectivity index (χ4n) is 3.43. The third-order valence-electron chi connectivity index (χ3n) is 4.54. The fraction of sp³-hybridized carbons (Fsp3) is 1.00. The minimum atomic E-state index is -0.214. The van der Waals surface area contributed by atoms with E-state index >= 15 is 0 Å². The van der Waals surface area contributed by atoms with E-state index in [9.17, 15) is 5.11 Å². The summed E-state index contributed by atoms with van der Waals surface area (Å²) in [7, 11) is 1.81. The quantitative estimate of drug-likeness (QED) is 0.751. The number of piperidine rings is 1. The normalized spacial score (nSPS) is 29.4. The Morgan fingerprint density at radius 3 is 2.55 bits per heavy atom. The Hall–Kier alpha value is -0.160. The van der Waals surface area contributed by atoms with E-state index in [0.717, 1.165) is 25.9 Å². The number of aliphatic hydroxyl groups excluding tert-OH is 1. The molecule has 0 radical (unpaired) electrons. The molecule has 1 fully saturated rings. The molecule has 1 saturated heterocycles. The number of hydrogen-bond acceptors (Lipinski definition) is 4. The lowest BCUT2D eigenvalue weighted by Gasteiger charge is -2.44. The van der Waals surface area contributed by atoms with Crippen LogP contribution in [0.3, 0.4) is 0 Å². The lowest BCUT2D eigenvalue weighted by molar-refractivity contribution is -0.0632. The summed E-state index contributed by atoms with van der Waals surface area (Å²) < 4.78 is 5.67. The van der Waals surface area contributed by atoms with Crippen LogP contribution < -0.4 is 5.32 Å². The molecule has 4 nitrogen and oxygen atoms in total. The number of nitrogens with zero attached hydrogens (tertiary/aromatic N) is 1. The maximum atomic E-state index is 9.72. The Labute approximate surface area is 124 Å². The average molecular weight is 286 g/mol. The van der Waals surface area contributed by atoms with Crippen molar-refractivity contribution >= 4 is 0 Å². The van der Waals surface area contributed by atoms with Crippen LogP contribution in [-0.2, 0) is 4.74 Å². The number of hydrogen-bond donors (Lipinski definition) is 2. The highest BCUT2D eigenvalue weighted by Gasteiger charge is 2.35. The third kappa shape index (κ3) is 4.99. The summed E-state index contributed by atoms with van der Waals surface area (Å²) in [5.74, 6) is 0. The van der Waals surface area contributed by atoms with Gasteiger partial charge in [0.05, 0.1) is 12.2 Å². The Morgan fingerprint density at radius 1 is 1.40 bits per heavy atom. The molecule has 3 unspecified atom stereocenters.